The standard InChI is InChI=1S/C18H16N4O3S/c1-11-19-13-10-12(7-8-14(13)24-11)20-16(23)5-2-6-17-21-18(22-25-17)15-4-3-9-26-15/h3-4,7-10H,2,5-6H2,1H3,(H,20,23). The largest absolute Gasteiger partial charge is 0.441 e. The fourth-order valence-electron chi connectivity index (χ4n) is 2.61. The number of hydrogen-bond donors (Lipinski definition) is 1. The predicted molar refractivity (Wildman–Crippen MR) is 97.9 cm³/mol. The molecule has 0 aliphatic heterocycles. The minimum absolute atomic E-state index is 0.0671. The second kappa shape index (κ2) is 7.09. The summed E-state index contributed by atoms with van der Waals surface area (Å²) in [6.07, 6.45) is 1.56. The van der Waals surface area contributed by atoms with Gasteiger partial charge in [0.25, 0.3) is 0 Å². The third-order valence-electron chi connectivity index (χ3n) is 3.78. The van der Waals surface area contributed by atoms with Crippen LogP contribution in [0.1, 0.15) is 24.6 Å². The van der Waals surface area contributed by atoms with Gasteiger partial charge < -0.3 is 14.3 Å². The Morgan fingerprint density at radius 3 is 3.04 bits per heavy atom. The summed E-state index contributed by atoms with van der Waals surface area (Å²) < 4.78 is 10.7. The van der Waals surface area contributed by atoms with Gasteiger partial charge in [-0.3, -0.25) is 4.79 Å². The van der Waals surface area contributed by atoms with E-state index in [9.17, 15) is 4.79 Å². The van der Waals surface area contributed by atoms with Gasteiger partial charge in [0.1, 0.15) is 5.52 Å². The number of anilines is 1. The first kappa shape index (κ1) is 16.5. The van der Waals surface area contributed by atoms with Crippen LogP contribution < -0.4 is 5.32 Å². The summed E-state index contributed by atoms with van der Waals surface area (Å²) >= 11 is 1.56. The van der Waals surface area contributed by atoms with E-state index in [1.165, 1.54) is 0 Å². The van der Waals surface area contributed by atoms with Crippen LogP contribution in [-0.2, 0) is 11.2 Å². The summed E-state index contributed by atoms with van der Waals surface area (Å²) in [6, 6.07) is 9.29. The monoisotopic (exact) mass is 368 g/mol. The highest BCUT2D eigenvalue weighted by Crippen LogP contribution is 2.22. The van der Waals surface area contributed by atoms with E-state index in [0.717, 1.165) is 10.4 Å². The molecule has 1 aromatic carbocycles. The van der Waals surface area contributed by atoms with Gasteiger partial charge in [0.2, 0.25) is 17.6 Å². The second-order valence-corrected chi connectivity index (χ2v) is 6.75. The first-order valence-corrected chi connectivity index (χ1v) is 9.09. The number of thiophene rings is 1. The van der Waals surface area contributed by atoms with Gasteiger partial charge in [0.05, 0.1) is 4.88 Å². The zero-order valence-electron chi connectivity index (χ0n) is 14.1. The zero-order valence-corrected chi connectivity index (χ0v) is 14.9. The van der Waals surface area contributed by atoms with Crippen LogP contribution in [0.15, 0.2) is 44.7 Å². The summed E-state index contributed by atoms with van der Waals surface area (Å²) in [5.41, 5.74) is 2.14. The Bertz CT molecular complexity index is 1040. The van der Waals surface area contributed by atoms with Crippen LogP contribution in [0.4, 0.5) is 5.69 Å². The van der Waals surface area contributed by atoms with Crippen molar-refractivity contribution < 1.29 is 13.7 Å². The number of rotatable bonds is 6. The number of amides is 1. The lowest BCUT2D eigenvalue weighted by molar-refractivity contribution is -0.116. The summed E-state index contributed by atoms with van der Waals surface area (Å²) in [5.74, 6) is 1.67. The first-order chi connectivity index (χ1) is 12.7. The van der Waals surface area contributed by atoms with Crippen LogP contribution in [0.2, 0.25) is 0 Å². The molecule has 0 saturated carbocycles. The molecular formula is C18H16N4O3S. The minimum Gasteiger partial charge on any atom is -0.441 e. The molecule has 26 heavy (non-hydrogen) atoms. The molecule has 0 unspecified atom stereocenters. The van der Waals surface area contributed by atoms with Gasteiger partial charge >= 0.3 is 0 Å². The predicted octanol–water partition coefficient (Wildman–Crippen LogP) is 4.21. The molecule has 8 heteroatoms. The van der Waals surface area contributed by atoms with E-state index in [1.54, 1.807) is 36.5 Å². The molecule has 0 fully saturated rings. The lowest BCUT2D eigenvalue weighted by atomic mass is 10.2. The average Bonchev–Trinajstić information content (AvgIpc) is 3.33. The van der Waals surface area contributed by atoms with Crippen LogP contribution in [-0.4, -0.2) is 21.0 Å². The van der Waals surface area contributed by atoms with E-state index in [4.69, 9.17) is 8.94 Å². The maximum atomic E-state index is 12.1. The van der Waals surface area contributed by atoms with E-state index >= 15 is 0 Å². The fourth-order valence-corrected chi connectivity index (χ4v) is 3.26. The molecule has 1 N–H and O–H groups in total. The summed E-state index contributed by atoms with van der Waals surface area (Å²) in [5, 5.41) is 8.80. The van der Waals surface area contributed by atoms with E-state index in [-0.39, 0.29) is 5.91 Å². The molecule has 1 amide bonds. The smallest absolute Gasteiger partial charge is 0.226 e. The van der Waals surface area contributed by atoms with Crippen molar-refractivity contribution in [3.8, 4) is 10.7 Å². The number of oxazole rings is 1. The number of fused-ring (bicyclic) bond motifs is 1. The highest BCUT2D eigenvalue weighted by atomic mass is 32.1. The number of carbonyl (C=O) groups is 1. The first-order valence-electron chi connectivity index (χ1n) is 8.21. The fraction of sp³-hybridized carbons (Fsp3) is 0.222. The van der Waals surface area contributed by atoms with Gasteiger partial charge in [0.15, 0.2) is 11.5 Å². The molecule has 3 heterocycles. The Labute approximate surface area is 153 Å². The van der Waals surface area contributed by atoms with E-state index in [1.807, 2.05) is 17.5 Å². The Morgan fingerprint density at radius 2 is 2.19 bits per heavy atom. The molecule has 0 radical (unpaired) electrons. The van der Waals surface area contributed by atoms with Gasteiger partial charge in [-0.2, -0.15) is 4.98 Å². The minimum atomic E-state index is -0.0671. The lowest BCUT2D eigenvalue weighted by Gasteiger charge is -2.04. The van der Waals surface area contributed by atoms with Crippen molar-refractivity contribution in [1.82, 2.24) is 15.1 Å². The number of benzene rings is 1. The van der Waals surface area contributed by atoms with Crippen LogP contribution in [0.5, 0.6) is 0 Å². The van der Waals surface area contributed by atoms with E-state index in [2.05, 4.69) is 20.4 Å². The van der Waals surface area contributed by atoms with Gasteiger partial charge in [0, 0.05) is 25.5 Å². The van der Waals surface area contributed by atoms with Crippen molar-refractivity contribution in [2.75, 3.05) is 5.32 Å². The highest BCUT2D eigenvalue weighted by Gasteiger charge is 2.11. The molecule has 0 bridgehead atoms. The Kier molecular flexibility index (Phi) is 4.49. The van der Waals surface area contributed by atoms with Crippen molar-refractivity contribution in [2.45, 2.75) is 26.2 Å². The van der Waals surface area contributed by atoms with Gasteiger partial charge in [-0.05, 0) is 36.1 Å². The number of carbonyl (C=O) groups excluding carboxylic acids is 1. The van der Waals surface area contributed by atoms with Crippen molar-refractivity contribution in [1.29, 1.82) is 0 Å². The van der Waals surface area contributed by atoms with Gasteiger partial charge in [-0.25, -0.2) is 4.98 Å². The number of nitrogens with zero attached hydrogens (tertiary/aromatic N) is 3. The molecule has 132 valence electrons. The molecule has 4 aromatic rings. The molecule has 0 aliphatic rings. The maximum Gasteiger partial charge on any atom is 0.226 e. The molecule has 0 atom stereocenters. The van der Waals surface area contributed by atoms with E-state index in [0.29, 0.717) is 48.1 Å². The molecule has 4 rings (SSSR count). The van der Waals surface area contributed by atoms with Crippen molar-refractivity contribution in [3.05, 3.63) is 47.5 Å². The third-order valence-corrected chi connectivity index (χ3v) is 4.65. The van der Waals surface area contributed by atoms with Gasteiger partial charge in [-0.15, -0.1) is 11.3 Å². The maximum absolute atomic E-state index is 12.1. The number of hydrogen-bond acceptors (Lipinski definition) is 7. The molecule has 0 spiro atoms. The lowest BCUT2D eigenvalue weighted by Crippen LogP contribution is -2.11. The molecule has 0 aliphatic carbocycles. The summed E-state index contributed by atoms with van der Waals surface area (Å²) in [7, 11) is 0. The van der Waals surface area contributed by atoms with Crippen molar-refractivity contribution in [3.63, 3.8) is 0 Å². The molecular weight excluding hydrogens is 352 g/mol. The SMILES string of the molecule is Cc1nc2cc(NC(=O)CCCc3nc(-c4cccs4)no3)ccc2o1. The number of nitrogens with one attached hydrogen (secondary N) is 1. The Hall–Kier alpha value is -3.00. The van der Waals surface area contributed by atoms with Crippen LogP contribution in [0, 0.1) is 6.92 Å². The van der Waals surface area contributed by atoms with E-state index < -0.39 is 0 Å². The quantitative estimate of drug-likeness (QED) is 0.548. The second-order valence-electron chi connectivity index (χ2n) is 5.81. The molecule has 0 saturated heterocycles. The molecule has 7 nitrogen and oxygen atoms in total. The normalized spacial score (nSPS) is 11.1. The average molecular weight is 368 g/mol. The van der Waals surface area contributed by atoms with Crippen LogP contribution >= 0.6 is 11.3 Å². The van der Waals surface area contributed by atoms with Crippen LogP contribution in [0.25, 0.3) is 21.8 Å². The Morgan fingerprint density at radius 1 is 1.27 bits per heavy atom. The summed E-state index contributed by atoms with van der Waals surface area (Å²) in [6.45, 7) is 1.79. The number of aromatic nitrogens is 3. The molecule has 3 aromatic heterocycles. The topological polar surface area (TPSA) is 94.1 Å². The van der Waals surface area contributed by atoms with Gasteiger partial charge in [-0.1, -0.05) is 11.2 Å². The summed E-state index contributed by atoms with van der Waals surface area (Å²) in [4.78, 5) is 21.7. The Balaban J connectivity index is 1.29. The zero-order chi connectivity index (χ0) is 17.9. The van der Waals surface area contributed by atoms with Crippen LogP contribution in [0.3, 0.4) is 0 Å². The third kappa shape index (κ3) is 3.65. The highest BCUT2D eigenvalue weighted by molar-refractivity contribution is 7.13. The number of aryl methyl sites for hydroxylation is 2. The van der Waals surface area contributed by atoms with Crippen molar-refractivity contribution >= 4 is 34.0 Å². The van der Waals surface area contributed by atoms with Crippen molar-refractivity contribution in [2.24, 2.45) is 0 Å².